The molecule has 0 aliphatic heterocycles. The minimum atomic E-state index is -3.77. The first kappa shape index (κ1) is 19.7. The van der Waals surface area contributed by atoms with Crippen LogP contribution in [0.4, 0.5) is 13.2 Å². The number of sulfone groups is 1. The van der Waals surface area contributed by atoms with E-state index in [1.54, 1.807) is 6.07 Å². The van der Waals surface area contributed by atoms with Crippen molar-refractivity contribution in [3.63, 3.8) is 0 Å². The van der Waals surface area contributed by atoms with Crippen molar-refractivity contribution in [2.75, 3.05) is 6.26 Å². The zero-order valence-electron chi connectivity index (χ0n) is 13.6. The van der Waals surface area contributed by atoms with Crippen LogP contribution in [0.3, 0.4) is 0 Å². The Morgan fingerprint density at radius 1 is 1.04 bits per heavy atom. The number of aromatic amines is 1. The molecule has 0 bridgehead atoms. The zero-order chi connectivity index (χ0) is 19.9. The van der Waals surface area contributed by atoms with Gasteiger partial charge in [-0.2, -0.15) is 0 Å². The van der Waals surface area contributed by atoms with Gasteiger partial charge in [0.25, 0.3) is 6.43 Å². The van der Waals surface area contributed by atoms with Gasteiger partial charge in [-0.25, -0.2) is 26.6 Å². The van der Waals surface area contributed by atoms with Crippen molar-refractivity contribution in [3.8, 4) is 22.5 Å². The van der Waals surface area contributed by atoms with Crippen molar-refractivity contribution in [1.29, 1.82) is 0 Å². The largest absolute Gasteiger partial charge is 0.337 e. The predicted octanol–water partition coefficient (Wildman–Crippen LogP) is 5.53. The van der Waals surface area contributed by atoms with Gasteiger partial charge in [-0.05, 0) is 24.3 Å². The summed E-state index contributed by atoms with van der Waals surface area (Å²) in [6, 6.07) is 7.78. The molecule has 4 nitrogen and oxygen atoms in total. The highest BCUT2D eigenvalue weighted by Crippen LogP contribution is 2.36. The number of hydrogen-bond acceptors (Lipinski definition) is 3. The van der Waals surface area contributed by atoms with Gasteiger partial charge in [-0.1, -0.05) is 35.3 Å². The first-order chi connectivity index (χ1) is 12.6. The standard InChI is InChI=1S/C17H11Cl2F3N2O2S/c1-27(25,26)13-5-3-9(7-12(13)20)15-14(23-17(24-15)16(21)22)8-2-4-10(18)11(19)6-8/h2-7,16H,1H3,(H,23,24). The lowest BCUT2D eigenvalue weighted by Crippen LogP contribution is -2.00. The summed E-state index contributed by atoms with van der Waals surface area (Å²) in [5.74, 6) is -1.62. The van der Waals surface area contributed by atoms with Crippen molar-refractivity contribution in [1.82, 2.24) is 9.97 Å². The zero-order valence-corrected chi connectivity index (χ0v) is 15.9. The lowest BCUT2D eigenvalue weighted by Gasteiger charge is -2.07. The highest BCUT2D eigenvalue weighted by Gasteiger charge is 2.22. The van der Waals surface area contributed by atoms with Crippen molar-refractivity contribution in [2.24, 2.45) is 0 Å². The minimum Gasteiger partial charge on any atom is -0.337 e. The van der Waals surface area contributed by atoms with Gasteiger partial charge < -0.3 is 4.98 Å². The first-order valence-electron chi connectivity index (χ1n) is 7.41. The molecule has 1 aromatic heterocycles. The molecule has 0 radical (unpaired) electrons. The van der Waals surface area contributed by atoms with E-state index in [0.717, 1.165) is 18.4 Å². The summed E-state index contributed by atoms with van der Waals surface area (Å²) in [7, 11) is -3.77. The number of halogens is 5. The Bertz CT molecular complexity index is 1130. The quantitative estimate of drug-likeness (QED) is 0.586. The fourth-order valence-corrected chi connectivity index (χ4v) is 3.54. The van der Waals surface area contributed by atoms with Crippen LogP contribution < -0.4 is 0 Å². The number of nitrogens with zero attached hydrogens (tertiary/aromatic N) is 1. The molecule has 3 aromatic rings. The monoisotopic (exact) mass is 434 g/mol. The Kier molecular flexibility index (Phi) is 5.24. The molecule has 3 rings (SSSR count). The molecule has 0 amide bonds. The van der Waals surface area contributed by atoms with Crippen LogP contribution >= 0.6 is 23.2 Å². The Morgan fingerprint density at radius 2 is 1.70 bits per heavy atom. The maximum absolute atomic E-state index is 14.2. The summed E-state index contributed by atoms with van der Waals surface area (Å²) < 4.78 is 63.7. The fraction of sp³-hybridized carbons (Fsp3) is 0.118. The van der Waals surface area contributed by atoms with E-state index in [-0.39, 0.29) is 27.0 Å². The molecule has 142 valence electrons. The smallest absolute Gasteiger partial charge is 0.295 e. The first-order valence-corrected chi connectivity index (χ1v) is 10.1. The Morgan fingerprint density at radius 3 is 2.26 bits per heavy atom. The molecule has 27 heavy (non-hydrogen) atoms. The molecule has 0 unspecified atom stereocenters. The average Bonchev–Trinajstić information content (AvgIpc) is 3.01. The van der Waals surface area contributed by atoms with Gasteiger partial charge in [-0.3, -0.25) is 0 Å². The Hall–Kier alpha value is -2.03. The van der Waals surface area contributed by atoms with Crippen molar-refractivity contribution in [3.05, 3.63) is 58.1 Å². The fourth-order valence-electron chi connectivity index (χ4n) is 2.51. The molecular weight excluding hydrogens is 424 g/mol. The van der Waals surface area contributed by atoms with Gasteiger partial charge in [0.05, 0.1) is 21.4 Å². The SMILES string of the molecule is CS(=O)(=O)c1ccc(-c2nc(C(F)F)[nH]c2-c2ccc(Cl)c(Cl)c2)cc1F. The molecule has 0 fully saturated rings. The van der Waals surface area contributed by atoms with Gasteiger partial charge >= 0.3 is 0 Å². The van der Waals surface area contributed by atoms with E-state index < -0.39 is 32.8 Å². The van der Waals surface area contributed by atoms with Crippen LogP contribution in [0.5, 0.6) is 0 Å². The molecule has 1 N–H and O–H groups in total. The van der Waals surface area contributed by atoms with Gasteiger partial charge in [0.2, 0.25) is 0 Å². The third-order valence-corrected chi connectivity index (χ3v) is 5.61. The van der Waals surface area contributed by atoms with Gasteiger partial charge in [0, 0.05) is 17.4 Å². The number of aromatic nitrogens is 2. The summed E-state index contributed by atoms with van der Waals surface area (Å²) in [6.07, 6.45) is -2.02. The van der Waals surface area contributed by atoms with E-state index in [4.69, 9.17) is 23.2 Å². The number of rotatable bonds is 4. The molecule has 0 saturated carbocycles. The maximum atomic E-state index is 14.2. The molecular formula is C17H11Cl2F3N2O2S. The average molecular weight is 435 g/mol. The second kappa shape index (κ2) is 7.18. The van der Waals surface area contributed by atoms with Crippen LogP contribution in [-0.2, 0) is 9.84 Å². The number of hydrogen-bond donors (Lipinski definition) is 1. The molecule has 2 aromatic carbocycles. The molecule has 0 saturated heterocycles. The van der Waals surface area contributed by atoms with Crippen LogP contribution in [0, 0.1) is 5.82 Å². The molecule has 10 heteroatoms. The molecule has 0 spiro atoms. The van der Waals surface area contributed by atoms with Crippen LogP contribution in [-0.4, -0.2) is 24.6 Å². The third kappa shape index (κ3) is 3.97. The van der Waals surface area contributed by atoms with E-state index in [9.17, 15) is 21.6 Å². The van der Waals surface area contributed by atoms with Crippen LogP contribution in [0.15, 0.2) is 41.3 Å². The van der Waals surface area contributed by atoms with Crippen LogP contribution in [0.1, 0.15) is 12.2 Å². The molecule has 1 heterocycles. The van der Waals surface area contributed by atoms with Gasteiger partial charge in [-0.15, -0.1) is 0 Å². The van der Waals surface area contributed by atoms with Gasteiger partial charge in [0.1, 0.15) is 10.7 Å². The van der Waals surface area contributed by atoms with E-state index in [0.29, 0.717) is 5.56 Å². The van der Waals surface area contributed by atoms with E-state index in [2.05, 4.69) is 9.97 Å². The minimum absolute atomic E-state index is 0.0302. The second-order valence-electron chi connectivity index (χ2n) is 5.69. The molecule has 0 atom stereocenters. The summed E-state index contributed by atoms with van der Waals surface area (Å²) in [5.41, 5.74) is 0.744. The van der Waals surface area contributed by atoms with Crippen molar-refractivity contribution in [2.45, 2.75) is 11.3 Å². The highest BCUT2D eigenvalue weighted by atomic mass is 35.5. The summed E-state index contributed by atoms with van der Waals surface area (Å²) in [6.45, 7) is 0. The van der Waals surface area contributed by atoms with E-state index >= 15 is 0 Å². The van der Waals surface area contributed by atoms with Crippen molar-refractivity contribution < 1.29 is 21.6 Å². The summed E-state index contributed by atoms with van der Waals surface area (Å²) >= 11 is 11.9. The highest BCUT2D eigenvalue weighted by molar-refractivity contribution is 7.90. The van der Waals surface area contributed by atoms with Crippen LogP contribution in [0.25, 0.3) is 22.5 Å². The topological polar surface area (TPSA) is 62.8 Å². The summed E-state index contributed by atoms with van der Waals surface area (Å²) in [4.78, 5) is 5.85. The Labute approximate surface area is 162 Å². The number of alkyl halides is 2. The number of nitrogens with one attached hydrogen (secondary N) is 1. The normalized spacial score (nSPS) is 12.0. The second-order valence-corrected chi connectivity index (χ2v) is 8.49. The van der Waals surface area contributed by atoms with E-state index in [1.165, 1.54) is 18.2 Å². The van der Waals surface area contributed by atoms with E-state index in [1.807, 2.05) is 0 Å². The third-order valence-electron chi connectivity index (χ3n) is 3.74. The van der Waals surface area contributed by atoms with Crippen molar-refractivity contribution >= 4 is 33.0 Å². The predicted molar refractivity (Wildman–Crippen MR) is 97.5 cm³/mol. The molecule has 0 aliphatic rings. The molecule has 0 aliphatic carbocycles. The summed E-state index contributed by atoms with van der Waals surface area (Å²) in [5, 5.41) is 0.478. The lowest BCUT2D eigenvalue weighted by molar-refractivity contribution is 0.141. The number of benzene rings is 2. The number of imidazole rings is 1. The van der Waals surface area contributed by atoms with Crippen LogP contribution in [0.2, 0.25) is 10.0 Å². The maximum Gasteiger partial charge on any atom is 0.295 e. The Balaban J connectivity index is 2.20. The lowest BCUT2D eigenvalue weighted by atomic mass is 10.0. The number of H-pyrrole nitrogens is 1. The van der Waals surface area contributed by atoms with Gasteiger partial charge in [0.15, 0.2) is 15.7 Å².